The molecule has 1 aromatic heterocycles. The highest BCUT2D eigenvalue weighted by molar-refractivity contribution is 6.18. The quantitative estimate of drug-likeness (QED) is 0.548. The molecule has 4 rings (SSSR count). The Bertz CT molecular complexity index is 1270. The van der Waals surface area contributed by atoms with Gasteiger partial charge in [0.1, 0.15) is 0 Å². The zero-order valence-electron chi connectivity index (χ0n) is 20.8. The molecule has 34 heavy (non-hydrogen) atoms. The summed E-state index contributed by atoms with van der Waals surface area (Å²) >= 11 is 0. The van der Waals surface area contributed by atoms with Crippen LogP contribution in [0.5, 0.6) is 0 Å². The Kier molecular flexibility index (Phi) is 6.36. The lowest BCUT2D eigenvalue weighted by molar-refractivity contribution is -0.140. The van der Waals surface area contributed by atoms with Crippen molar-refractivity contribution in [1.82, 2.24) is 14.8 Å². The molecule has 0 fully saturated rings. The van der Waals surface area contributed by atoms with E-state index in [0.717, 1.165) is 28.6 Å². The first-order chi connectivity index (χ1) is 16.1. The summed E-state index contributed by atoms with van der Waals surface area (Å²) in [4.78, 5) is 34.1. The maximum atomic E-state index is 13.7. The minimum Gasteiger partial charge on any atom is -0.459 e. The van der Waals surface area contributed by atoms with E-state index in [4.69, 9.17) is 4.74 Å². The van der Waals surface area contributed by atoms with Crippen LogP contribution in [0.15, 0.2) is 54.7 Å². The van der Waals surface area contributed by atoms with Crippen molar-refractivity contribution in [3.63, 3.8) is 0 Å². The molecule has 1 aliphatic heterocycles. The number of H-pyrrole nitrogens is 1. The summed E-state index contributed by atoms with van der Waals surface area (Å²) in [5, 5.41) is 1.05. The Morgan fingerprint density at radius 3 is 2.56 bits per heavy atom. The van der Waals surface area contributed by atoms with Crippen molar-refractivity contribution in [1.29, 1.82) is 0 Å². The van der Waals surface area contributed by atoms with Gasteiger partial charge in [0.05, 0.1) is 17.4 Å². The van der Waals surface area contributed by atoms with E-state index >= 15 is 0 Å². The summed E-state index contributed by atoms with van der Waals surface area (Å²) in [7, 11) is 4.00. The Balaban J connectivity index is 1.83. The number of hydrogen-bond acceptors (Lipinski definition) is 4. The van der Waals surface area contributed by atoms with Gasteiger partial charge in [0.2, 0.25) is 0 Å². The number of benzene rings is 2. The van der Waals surface area contributed by atoms with Gasteiger partial charge in [-0.1, -0.05) is 44.2 Å². The van der Waals surface area contributed by atoms with Crippen molar-refractivity contribution in [3.8, 4) is 0 Å². The number of amides is 1. The van der Waals surface area contributed by atoms with Gasteiger partial charge in [0.15, 0.2) is 0 Å². The molecule has 2 aromatic carbocycles. The summed E-state index contributed by atoms with van der Waals surface area (Å²) in [6.45, 7) is 9.04. The number of hydrogen-bond donors (Lipinski definition) is 1. The summed E-state index contributed by atoms with van der Waals surface area (Å²) < 4.78 is 5.59. The first-order valence-corrected chi connectivity index (χ1v) is 11.7. The van der Waals surface area contributed by atoms with Crippen molar-refractivity contribution >= 4 is 28.4 Å². The van der Waals surface area contributed by atoms with Gasteiger partial charge in [-0.05, 0) is 57.3 Å². The molecule has 1 aliphatic rings. The maximum absolute atomic E-state index is 13.7. The molecule has 0 radical (unpaired) electrons. The molecule has 0 atom stereocenters. The van der Waals surface area contributed by atoms with Crippen LogP contribution in [0.2, 0.25) is 0 Å². The van der Waals surface area contributed by atoms with Crippen LogP contribution < -0.4 is 0 Å². The maximum Gasteiger partial charge on any atom is 0.342 e. The predicted octanol–water partition coefficient (Wildman–Crippen LogP) is 4.96. The van der Waals surface area contributed by atoms with Crippen LogP contribution in [0.4, 0.5) is 0 Å². The van der Waals surface area contributed by atoms with E-state index in [1.165, 1.54) is 0 Å². The molecular weight excluding hydrogens is 426 g/mol. The van der Waals surface area contributed by atoms with Gasteiger partial charge in [-0.15, -0.1) is 0 Å². The van der Waals surface area contributed by atoms with Crippen LogP contribution >= 0.6 is 0 Å². The Hall–Kier alpha value is -3.38. The van der Waals surface area contributed by atoms with Crippen LogP contribution in [0.25, 0.3) is 16.5 Å². The third-order valence-corrected chi connectivity index (χ3v) is 6.00. The number of fused-ring (bicyclic) bond motifs is 3. The number of aromatic nitrogens is 1. The lowest BCUT2D eigenvalue weighted by Gasteiger charge is -2.29. The van der Waals surface area contributed by atoms with Gasteiger partial charge in [0.25, 0.3) is 5.91 Å². The van der Waals surface area contributed by atoms with Gasteiger partial charge < -0.3 is 19.5 Å². The number of esters is 1. The topological polar surface area (TPSA) is 65.6 Å². The van der Waals surface area contributed by atoms with Gasteiger partial charge in [0, 0.05) is 41.2 Å². The van der Waals surface area contributed by atoms with E-state index in [2.05, 4.69) is 29.8 Å². The van der Waals surface area contributed by atoms with E-state index in [9.17, 15) is 9.59 Å². The van der Waals surface area contributed by atoms with Crippen LogP contribution in [0, 0.1) is 0 Å². The van der Waals surface area contributed by atoms with Crippen molar-refractivity contribution < 1.29 is 14.3 Å². The van der Waals surface area contributed by atoms with Crippen molar-refractivity contribution in [2.75, 3.05) is 20.6 Å². The normalized spacial score (nSPS) is 15.3. The molecule has 1 amide bonds. The molecule has 6 nitrogen and oxygen atoms in total. The predicted molar refractivity (Wildman–Crippen MR) is 135 cm³/mol. The van der Waals surface area contributed by atoms with Gasteiger partial charge in [-0.2, -0.15) is 0 Å². The molecule has 0 saturated heterocycles. The van der Waals surface area contributed by atoms with Gasteiger partial charge in [-0.25, -0.2) is 4.79 Å². The number of carbonyl (C=O) groups is 2. The zero-order chi connectivity index (χ0) is 24.6. The van der Waals surface area contributed by atoms with E-state index in [1.807, 2.05) is 70.4 Å². The lowest BCUT2D eigenvalue weighted by atomic mass is 9.81. The lowest BCUT2D eigenvalue weighted by Crippen LogP contribution is -2.37. The van der Waals surface area contributed by atoms with Crippen molar-refractivity contribution in [3.05, 3.63) is 77.1 Å². The minimum atomic E-state index is -0.445. The van der Waals surface area contributed by atoms with E-state index in [-0.39, 0.29) is 12.0 Å². The number of nitrogens with zero attached hydrogens (tertiary/aromatic N) is 2. The second-order valence-electron chi connectivity index (χ2n) is 10.2. The fourth-order valence-corrected chi connectivity index (χ4v) is 4.71. The monoisotopic (exact) mass is 459 g/mol. The molecule has 3 aromatic rings. The second kappa shape index (κ2) is 9.11. The zero-order valence-corrected chi connectivity index (χ0v) is 20.8. The molecule has 178 valence electrons. The Morgan fingerprint density at radius 1 is 1.12 bits per heavy atom. The molecule has 1 N–H and O–H groups in total. The fourth-order valence-electron chi connectivity index (χ4n) is 4.71. The molecular formula is C28H33N3O3. The molecule has 2 heterocycles. The highest BCUT2D eigenvalue weighted by Gasteiger charge is 2.37. The van der Waals surface area contributed by atoms with Crippen molar-refractivity contribution in [2.45, 2.75) is 45.8 Å². The molecule has 0 bridgehead atoms. The number of rotatable bonds is 5. The van der Waals surface area contributed by atoms with Crippen LogP contribution in [-0.4, -0.2) is 53.4 Å². The first kappa shape index (κ1) is 23.8. The minimum absolute atomic E-state index is 0.141. The number of nitrogens with one attached hydrogen (secondary N) is 1. The second-order valence-corrected chi connectivity index (χ2v) is 10.2. The Morgan fingerprint density at radius 2 is 1.85 bits per heavy atom. The molecule has 0 saturated carbocycles. The fraction of sp³-hybridized carbons (Fsp3) is 0.357. The average molecular weight is 460 g/mol. The molecule has 0 aliphatic carbocycles. The highest BCUT2D eigenvalue weighted by Crippen LogP contribution is 2.40. The molecule has 0 unspecified atom stereocenters. The molecule has 6 heteroatoms. The number of para-hydroxylation sites is 1. The smallest absolute Gasteiger partial charge is 0.342 e. The number of carbonyl (C=O) groups excluding carboxylic acids is 2. The van der Waals surface area contributed by atoms with Crippen molar-refractivity contribution in [2.24, 2.45) is 0 Å². The third kappa shape index (κ3) is 4.64. The van der Waals surface area contributed by atoms with E-state index in [1.54, 1.807) is 11.1 Å². The average Bonchev–Trinajstić information content (AvgIpc) is 3.10. The standard InChI is InChI=1S/C28H33N3O3/c1-18(2)34-27(33)22-16-31(26(32)20-11-9-10-19(14-20)15-30(5)6)17-28(3,4)24-21-12-7-8-13-23(21)29-25(22)24/h7-14,16,18,29H,15,17H2,1-6H3. The van der Waals surface area contributed by atoms with Crippen LogP contribution in [0.3, 0.4) is 0 Å². The van der Waals surface area contributed by atoms with Gasteiger partial charge >= 0.3 is 5.97 Å². The summed E-state index contributed by atoms with van der Waals surface area (Å²) in [6.07, 6.45) is 1.39. The Labute approximate surface area is 201 Å². The van der Waals surface area contributed by atoms with Crippen LogP contribution in [-0.2, 0) is 21.5 Å². The first-order valence-electron chi connectivity index (χ1n) is 11.7. The number of ether oxygens (including phenoxy) is 1. The summed E-state index contributed by atoms with van der Waals surface area (Å²) in [5.41, 5.74) is 4.30. The summed E-state index contributed by atoms with van der Waals surface area (Å²) in [5.74, 6) is -0.586. The largest absolute Gasteiger partial charge is 0.459 e. The highest BCUT2D eigenvalue weighted by atomic mass is 16.5. The molecule has 0 spiro atoms. The van der Waals surface area contributed by atoms with E-state index < -0.39 is 11.4 Å². The number of aromatic amines is 1. The third-order valence-electron chi connectivity index (χ3n) is 6.00. The van der Waals surface area contributed by atoms with Gasteiger partial charge in [-0.3, -0.25) is 4.79 Å². The van der Waals surface area contributed by atoms with E-state index in [0.29, 0.717) is 23.4 Å². The van der Waals surface area contributed by atoms with Crippen LogP contribution in [0.1, 0.15) is 54.9 Å². The SMILES string of the molecule is CC(C)OC(=O)C1=CN(C(=O)c2cccc(CN(C)C)c2)CC(C)(C)c2c1[nH]c1ccccc21. The summed E-state index contributed by atoms with van der Waals surface area (Å²) in [6, 6.07) is 15.7.